The molecule has 0 aromatic heterocycles. The van der Waals surface area contributed by atoms with E-state index in [-0.39, 0.29) is 0 Å². The maximum absolute atomic E-state index is 12.7. The van der Waals surface area contributed by atoms with Crippen molar-refractivity contribution in [3.63, 3.8) is 0 Å². The summed E-state index contributed by atoms with van der Waals surface area (Å²) in [6, 6.07) is 1.59. The van der Waals surface area contributed by atoms with Crippen LogP contribution in [0.5, 0.6) is 0 Å². The van der Waals surface area contributed by atoms with Gasteiger partial charge in [0.25, 0.3) is 6.43 Å². The highest BCUT2D eigenvalue weighted by Crippen LogP contribution is 2.38. The summed E-state index contributed by atoms with van der Waals surface area (Å²) >= 11 is 0. The van der Waals surface area contributed by atoms with Crippen molar-refractivity contribution in [2.45, 2.75) is 26.7 Å². The van der Waals surface area contributed by atoms with Gasteiger partial charge in [-0.1, -0.05) is 13.8 Å². The number of alkyl halides is 2. The van der Waals surface area contributed by atoms with Gasteiger partial charge >= 0.3 is 0 Å². The van der Waals surface area contributed by atoms with Crippen LogP contribution < -0.4 is 0 Å². The van der Waals surface area contributed by atoms with E-state index in [2.05, 4.69) is 0 Å². The topological polar surface area (TPSA) is 66.9 Å². The van der Waals surface area contributed by atoms with Crippen molar-refractivity contribution in [3.8, 4) is 6.07 Å². The SMILES string of the molecule is CC(C)C(CC#N)(C[N+](=O)[O-])C(F)F. The van der Waals surface area contributed by atoms with Crippen LogP contribution in [0.25, 0.3) is 0 Å². The Morgan fingerprint density at radius 3 is 2.29 bits per heavy atom. The lowest BCUT2D eigenvalue weighted by atomic mass is 9.75. The zero-order valence-corrected chi connectivity index (χ0v) is 8.04. The third-order valence-electron chi connectivity index (χ3n) is 2.42. The fourth-order valence-corrected chi connectivity index (χ4v) is 1.23. The van der Waals surface area contributed by atoms with Crippen molar-refractivity contribution in [1.29, 1.82) is 5.26 Å². The Bertz CT molecular complexity index is 240. The van der Waals surface area contributed by atoms with E-state index in [0.29, 0.717) is 0 Å². The number of nitrogens with zero attached hydrogens (tertiary/aromatic N) is 2. The van der Waals surface area contributed by atoms with Gasteiger partial charge in [0.15, 0.2) is 0 Å². The zero-order valence-electron chi connectivity index (χ0n) is 8.04. The van der Waals surface area contributed by atoms with Crippen LogP contribution in [0.3, 0.4) is 0 Å². The Balaban J connectivity index is 4.95. The van der Waals surface area contributed by atoms with Crippen LogP contribution in [0.1, 0.15) is 20.3 Å². The van der Waals surface area contributed by atoms with Gasteiger partial charge < -0.3 is 0 Å². The molecule has 1 unspecified atom stereocenters. The van der Waals surface area contributed by atoms with E-state index in [1.807, 2.05) is 0 Å². The number of halogens is 2. The normalized spacial score (nSPS) is 15.2. The van der Waals surface area contributed by atoms with E-state index in [1.54, 1.807) is 6.07 Å². The van der Waals surface area contributed by atoms with E-state index in [1.165, 1.54) is 13.8 Å². The molecule has 4 nitrogen and oxygen atoms in total. The van der Waals surface area contributed by atoms with Crippen molar-refractivity contribution >= 4 is 0 Å². The molecule has 0 aliphatic heterocycles. The summed E-state index contributed by atoms with van der Waals surface area (Å²) < 4.78 is 25.4. The van der Waals surface area contributed by atoms with E-state index in [9.17, 15) is 18.9 Å². The Morgan fingerprint density at radius 1 is 1.57 bits per heavy atom. The van der Waals surface area contributed by atoms with Crippen molar-refractivity contribution in [2.75, 3.05) is 6.54 Å². The second-order valence-corrected chi connectivity index (χ2v) is 3.51. The number of hydrogen-bond acceptors (Lipinski definition) is 3. The van der Waals surface area contributed by atoms with Crippen molar-refractivity contribution < 1.29 is 13.7 Å². The molecule has 0 bridgehead atoms. The van der Waals surface area contributed by atoms with Gasteiger partial charge in [0.1, 0.15) is 5.41 Å². The lowest BCUT2D eigenvalue weighted by Crippen LogP contribution is -2.41. The second-order valence-electron chi connectivity index (χ2n) is 3.51. The molecule has 0 amide bonds. The maximum atomic E-state index is 12.7. The van der Waals surface area contributed by atoms with Crippen LogP contribution >= 0.6 is 0 Å². The van der Waals surface area contributed by atoms with Crippen LogP contribution in [0.15, 0.2) is 0 Å². The van der Waals surface area contributed by atoms with Gasteiger partial charge in [-0.3, -0.25) is 10.1 Å². The van der Waals surface area contributed by atoms with Crippen molar-refractivity contribution in [1.82, 2.24) is 0 Å². The average Bonchev–Trinajstić information content (AvgIpc) is 2.01. The third-order valence-corrected chi connectivity index (χ3v) is 2.42. The Hall–Kier alpha value is -1.25. The minimum Gasteiger partial charge on any atom is -0.265 e. The first-order valence-corrected chi connectivity index (χ1v) is 4.13. The second kappa shape index (κ2) is 4.84. The fourth-order valence-electron chi connectivity index (χ4n) is 1.23. The first kappa shape index (κ1) is 12.8. The average molecular weight is 206 g/mol. The molecule has 80 valence electrons. The third kappa shape index (κ3) is 2.62. The van der Waals surface area contributed by atoms with Crippen molar-refractivity contribution in [3.05, 3.63) is 10.1 Å². The predicted molar refractivity (Wildman–Crippen MR) is 45.4 cm³/mol. The molecule has 0 heterocycles. The van der Waals surface area contributed by atoms with Gasteiger partial charge in [-0.25, -0.2) is 8.78 Å². The van der Waals surface area contributed by atoms with Gasteiger partial charge in [-0.2, -0.15) is 5.26 Å². The zero-order chi connectivity index (χ0) is 11.4. The van der Waals surface area contributed by atoms with Crippen LogP contribution in [0.4, 0.5) is 8.78 Å². The van der Waals surface area contributed by atoms with E-state index in [4.69, 9.17) is 5.26 Å². The van der Waals surface area contributed by atoms with Gasteiger partial charge in [0.2, 0.25) is 6.54 Å². The largest absolute Gasteiger partial charge is 0.265 e. The van der Waals surface area contributed by atoms with E-state index < -0.39 is 35.6 Å². The molecular weight excluding hydrogens is 194 g/mol. The lowest BCUT2D eigenvalue weighted by Gasteiger charge is -2.30. The molecule has 6 heteroatoms. The maximum Gasteiger partial charge on any atom is 0.251 e. The van der Waals surface area contributed by atoms with E-state index in [0.717, 1.165) is 0 Å². The minimum absolute atomic E-state index is 0.497. The molecule has 0 rings (SSSR count). The molecule has 0 aromatic carbocycles. The van der Waals surface area contributed by atoms with Crippen molar-refractivity contribution in [2.24, 2.45) is 11.3 Å². The molecule has 0 spiro atoms. The Morgan fingerprint density at radius 2 is 2.07 bits per heavy atom. The summed E-state index contributed by atoms with van der Waals surface area (Å²) in [6.07, 6.45) is -3.35. The molecule has 0 fully saturated rings. The summed E-state index contributed by atoms with van der Waals surface area (Å²) in [6.45, 7) is 2.07. The quantitative estimate of drug-likeness (QED) is 0.511. The number of hydrogen-bond donors (Lipinski definition) is 0. The molecule has 0 aliphatic carbocycles. The predicted octanol–water partition coefficient (Wildman–Crippen LogP) is 2.08. The highest BCUT2D eigenvalue weighted by atomic mass is 19.3. The molecule has 1 atom stereocenters. The molecular formula is C8H12F2N2O2. The number of nitro groups is 1. The van der Waals surface area contributed by atoms with Crippen LogP contribution in [-0.4, -0.2) is 17.9 Å². The lowest BCUT2D eigenvalue weighted by molar-refractivity contribution is -0.504. The molecule has 0 aliphatic rings. The molecule has 0 aromatic rings. The first-order valence-electron chi connectivity index (χ1n) is 4.13. The summed E-state index contributed by atoms with van der Waals surface area (Å²) in [5.41, 5.74) is -1.82. The first-order chi connectivity index (χ1) is 6.36. The monoisotopic (exact) mass is 206 g/mol. The standard InChI is InChI=1S/C8H12F2N2O2/c1-6(2)8(3-4-11,7(9)10)5-12(13)14/h6-7H,3,5H2,1-2H3. The summed E-state index contributed by atoms with van der Waals surface area (Å²) in [4.78, 5) is 9.47. The summed E-state index contributed by atoms with van der Waals surface area (Å²) in [5.74, 6) is -0.604. The summed E-state index contributed by atoms with van der Waals surface area (Å²) in [5, 5.41) is 18.7. The molecule has 0 N–H and O–H groups in total. The smallest absolute Gasteiger partial charge is 0.251 e. The Kier molecular flexibility index (Phi) is 4.41. The highest BCUT2D eigenvalue weighted by Gasteiger charge is 2.47. The highest BCUT2D eigenvalue weighted by molar-refractivity contribution is 4.92. The van der Waals surface area contributed by atoms with Crippen LogP contribution in [0.2, 0.25) is 0 Å². The summed E-state index contributed by atoms with van der Waals surface area (Å²) in [7, 11) is 0. The van der Waals surface area contributed by atoms with Crippen LogP contribution in [0, 0.1) is 32.8 Å². The number of nitriles is 1. The molecule has 0 radical (unpaired) electrons. The Labute approximate surface area is 80.7 Å². The van der Waals surface area contributed by atoms with Gasteiger partial charge in [-0.05, 0) is 5.92 Å². The molecule has 0 saturated heterocycles. The van der Waals surface area contributed by atoms with Gasteiger partial charge in [0, 0.05) is 4.92 Å². The van der Waals surface area contributed by atoms with E-state index >= 15 is 0 Å². The molecule has 14 heavy (non-hydrogen) atoms. The van der Waals surface area contributed by atoms with Gasteiger partial charge in [-0.15, -0.1) is 0 Å². The fraction of sp³-hybridized carbons (Fsp3) is 0.875. The minimum atomic E-state index is -2.85. The molecule has 0 saturated carbocycles. The number of rotatable bonds is 5. The van der Waals surface area contributed by atoms with Gasteiger partial charge in [0.05, 0.1) is 12.5 Å². The van der Waals surface area contributed by atoms with Crippen LogP contribution in [-0.2, 0) is 0 Å².